The van der Waals surface area contributed by atoms with Crippen molar-refractivity contribution in [2.24, 2.45) is 0 Å². The molecule has 0 aliphatic heterocycles. The lowest BCUT2D eigenvalue weighted by Crippen LogP contribution is -1.91. The maximum Gasteiger partial charge on any atom is 0.0337 e. The van der Waals surface area contributed by atoms with E-state index in [-0.39, 0.29) is 0 Å². The second-order valence-corrected chi connectivity index (χ2v) is 15.5. The van der Waals surface area contributed by atoms with Crippen LogP contribution in [0.1, 0.15) is 36.1 Å². The highest BCUT2D eigenvalue weighted by molar-refractivity contribution is 6.14. The molecule has 10 rings (SSSR count). The highest BCUT2D eigenvalue weighted by Gasteiger charge is 2.22. The van der Waals surface area contributed by atoms with Crippen LogP contribution in [0.15, 0.2) is 243 Å². The summed E-state index contributed by atoms with van der Waals surface area (Å²) in [6.07, 6.45) is 13.3. The molecular weight excluding hydrogens is 759 g/mol. The van der Waals surface area contributed by atoms with Crippen molar-refractivity contribution in [1.82, 2.24) is 0 Å². The SMILES string of the molecule is C=C/C=C\C(=C/C)c1cc2ccccc2c2ccccc12.C=CC1=C(/C(=C\C)c2ccccc2)Cc2ccccc21.CNc1ccc(-c2cc3ccccc3c3ccccc23)cc1. The standard InChI is InChI=1S/C21H17N.C21H18.C20H18/c1-22-17-12-10-15(11-13-17)21-14-16-6-2-3-7-18(16)19-8-4-5-9-20(19)21;1-3-5-10-16(4-2)21-15-17-11-6-7-12-18(17)19-13-8-9-14-20(19)21;1-3-17(15-10-6-5-7-11-15)20-14-16-12-8-9-13-19(16)18(20)4-2/h2-14,22H,1H3;3-15H,1H2,2H3;3-13H,2,14H2,1H3/b;10-5-,16-4+;17-3-. The van der Waals surface area contributed by atoms with Crippen LogP contribution in [0.3, 0.4) is 0 Å². The van der Waals surface area contributed by atoms with Crippen molar-refractivity contribution in [2.75, 3.05) is 12.4 Å². The van der Waals surface area contributed by atoms with E-state index in [0.717, 1.165) is 12.1 Å². The number of hydrogen-bond acceptors (Lipinski definition) is 1. The molecule has 0 heterocycles. The van der Waals surface area contributed by atoms with Crippen molar-refractivity contribution in [3.05, 3.63) is 265 Å². The highest BCUT2D eigenvalue weighted by Crippen LogP contribution is 2.41. The van der Waals surface area contributed by atoms with E-state index in [1.807, 2.05) is 25.3 Å². The van der Waals surface area contributed by atoms with Crippen molar-refractivity contribution in [1.29, 1.82) is 0 Å². The summed E-state index contributed by atoms with van der Waals surface area (Å²) in [5, 5.41) is 13.6. The Morgan fingerprint density at radius 1 is 0.524 bits per heavy atom. The number of nitrogens with one attached hydrogen (secondary N) is 1. The Hall–Kier alpha value is -7.74. The molecule has 0 bridgehead atoms. The van der Waals surface area contributed by atoms with Crippen molar-refractivity contribution in [3.8, 4) is 11.1 Å². The van der Waals surface area contributed by atoms with Gasteiger partial charge in [-0.2, -0.15) is 0 Å². The van der Waals surface area contributed by atoms with E-state index in [1.165, 1.54) is 98.8 Å². The molecule has 1 aliphatic rings. The molecule has 0 amide bonds. The molecule has 1 N–H and O–H groups in total. The van der Waals surface area contributed by atoms with Crippen molar-refractivity contribution < 1.29 is 0 Å². The number of hydrogen-bond donors (Lipinski definition) is 1. The van der Waals surface area contributed by atoms with E-state index in [1.54, 1.807) is 0 Å². The number of benzene rings is 9. The van der Waals surface area contributed by atoms with Crippen molar-refractivity contribution in [3.63, 3.8) is 0 Å². The molecular formula is C62H53N. The first kappa shape index (κ1) is 42.0. The van der Waals surface area contributed by atoms with Gasteiger partial charge in [-0.15, -0.1) is 0 Å². The molecule has 1 heteroatoms. The van der Waals surface area contributed by atoms with Crippen LogP contribution in [0.25, 0.3) is 70.9 Å². The van der Waals surface area contributed by atoms with E-state index >= 15 is 0 Å². The Labute approximate surface area is 373 Å². The second-order valence-electron chi connectivity index (χ2n) is 15.5. The molecule has 9 aromatic carbocycles. The zero-order valence-corrected chi connectivity index (χ0v) is 36.5. The number of anilines is 1. The summed E-state index contributed by atoms with van der Waals surface area (Å²) in [7, 11) is 1.94. The fourth-order valence-electron chi connectivity index (χ4n) is 8.91. The molecule has 0 radical (unpaired) electrons. The lowest BCUT2D eigenvalue weighted by Gasteiger charge is -2.11. The quantitative estimate of drug-likeness (QED) is 0.119. The van der Waals surface area contributed by atoms with Gasteiger partial charge in [-0.05, 0) is 143 Å². The summed E-state index contributed by atoms with van der Waals surface area (Å²) >= 11 is 0. The molecule has 1 aliphatic carbocycles. The van der Waals surface area contributed by atoms with Gasteiger partial charge in [0.2, 0.25) is 0 Å². The summed E-state index contributed by atoms with van der Waals surface area (Å²) in [5.74, 6) is 0. The minimum Gasteiger partial charge on any atom is -0.388 e. The van der Waals surface area contributed by atoms with Crippen LogP contribution in [-0.2, 0) is 6.42 Å². The molecule has 0 unspecified atom stereocenters. The molecule has 306 valence electrons. The Bertz CT molecular complexity index is 3210. The number of fused-ring (bicyclic) bond motifs is 7. The van der Waals surface area contributed by atoms with Gasteiger partial charge >= 0.3 is 0 Å². The summed E-state index contributed by atoms with van der Waals surface area (Å²) in [5.41, 5.74) is 14.1. The normalized spacial score (nSPS) is 12.5. The summed E-state index contributed by atoms with van der Waals surface area (Å²) in [4.78, 5) is 0. The molecule has 1 nitrogen and oxygen atoms in total. The van der Waals surface area contributed by atoms with Gasteiger partial charge < -0.3 is 5.32 Å². The maximum absolute atomic E-state index is 4.02. The molecule has 0 fully saturated rings. The molecule has 0 saturated heterocycles. The van der Waals surface area contributed by atoms with Crippen LogP contribution in [0.4, 0.5) is 5.69 Å². The Balaban J connectivity index is 0.000000130. The van der Waals surface area contributed by atoms with E-state index < -0.39 is 0 Å². The lowest BCUT2D eigenvalue weighted by atomic mass is 9.93. The largest absolute Gasteiger partial charge is 0.388 e. The van der Waals surface area contributed by atoms with E-state index in [4.69, 9.17) is 0 Å². The molecule has 63 heavy (non-hydrogen) atoms. The Morgan fingerprint density at radius 2 is 1.08 bits per heavy atom. The van der Waals surface area contributed by atoms with Crippen LogP contribution >= 0.6 is 0 Å². The van der Waals surface area contributed by atoms with Crippen molar-refractivity contribution in [2.45, 2.75) is 20.3 Å². The third-order valence-corrected chi connectivity index (χ3v) is 12.0. The molecule has 0 atom stereocenters. The van der Waals surface area contributed by atoms with Crippen molar-refractivity contribution >= 4 is 65.5 Å². The monoisotopic (exact) mass is 811 g/mol. The van der Waals surface area contributed by atoms with E-state index in [9.17, 15) is 0 Å². The predicted molar refractivity (Wildman–Crippen MR) is 278 cm³/mol. The van der Waals surface area contributed by atoms with Crippen LogP contribution in [0.5, 0.6) is 0 Å². The second kappa shape index (κ2) is 19.8. The average molecular weight is 812 g/mol. The van der Waals surface area contributed by atoms with Gasteiger partial charge in [-0.25, -0.2) is 0 Å². The van der Waals surface area contributed by atoms with Gasteiger partial charge in [0.1, 0.15) is 0 Å². The zero-order valence-electron chi connectivity index (χ0n) is 36.5. The summed E-state index contributed by atoms with van der Waals surface area (Å²) in [6.45, 7) is 12.0. The lowest BCUT2D eigenvalue weighted by molar-refractivity contribution is 1.25. The highest BCUT2D eigenvalue weighted by atomic mass is 14.8. The van der Waals surface area contributed by atoms with Crippen LogP contribution in [0.2, 0.25) is 0 Å². The van der Waals surface area contributed by atoms with E-state index in [2.05, 4.69) is 239 Å². The topological polar surface area (TPSA) is 12.0 Å². The van der Waals surface area contributed by atoms with Gasteiger partial charge in [0, 0.05) is 12.7 Å². The van der Waals surface area contributed by atoms with Gasteiger partial charge in [0.25, 0.3) is 0 Å². The van der Waals surface area contributed by atoms with Crippen LogP contribution < -0.4 is 5.32 Å². The first-order valence-electron chi connectivity index (χ1n) is 21.8. The molecule has 9 aromatic rings. The fourth-order valence-corrected chi connectivity index (χ4v) is 8.91. The molecule has 0 spiro atoms. The first-order chi connectivity index (χ1) is 31.1. The Kier molecular flexibility index (Phi) is 13.2. The Morgan fingerprint density at radius 3 is 1.70 bits per heavy atom. The summed E-state index contributed by atoms with van der Waals surface area (Å²) < 4.78 is 0. The van der Waals surface area contributed by atoms with Crippen LogP contribution in [-0.4, -0.2) is 7.05 Å². The smallest absolute Gasteiger partial charge is 0.0337 e. The molecule has 0 aromatic heterocycles. The van der Waals surface area contributed by atoms with Gasteiger partial charge in [-0.3, -0.25) is 0 Å². The van der Waals surface area contributed by atoms with Gasteiger partial charge in [0.15, 0.2) is 0 Å². The van der Waals surface area contributed by atoms with Gasteiger partial charge in [0.05, 0.1) is 0 Å². The third kappa shape index (κ3) is 8.87. The predicted octanol–water partition coefficient (Wildman–Crippen LogP) is 17.1. The average Bonchev–Trinajstić information content (AvgIpc) is 3.73. The summed E-state index contributed by atoms with van der Waals surface area (Å²) in [6, 6.07) is 66.8. The zero-order chi connectivity index (χ0) is 43.5. The number of rotatable bonds is 8. The van der Waals surface area contributed by atoms with Crippen LogP contribution in [0, 0.1) is 0 Å². The fraction of sp³-hybridized carbons (Fsp3) is 0.0645. The van der Waals surface area contributed by atoms with Gasteiger partial charge in [-0.1, -0.05) is 213 Å². The molecule has 0 saturated carbocycles. The maximum atomic E-state index is 4.02. The minimum atomic E-state index is 0.992. The first-order valence-corrected chi connectivity index (χ1v) is 21.8. The third-order valence-electron chi connectivity index (χ3n) is 12.0. The number of allylic oxidation sites excluding steroid dienone is 10. The minimum absolute atomic E-state index is 0.992. The van der Waals surface area contributed by atoms with E-state index in [0.29, 0.717) is 0 Å².